The van der Waals surface area contributed by atoms with E-state index in [0.29, 0.717) is 66.2 Å². The second-order valence-corrected chi connectivity index (χ2v) is 11.3. The number of rotatable bonds is 5. The number of piperidine rings is 1. The predicted molar refractivity (Wildman–Crippen MR) is 141 cm³/mol. The van der Waals surface area contributed by atoms with E-state index in [1.54, 1.807) is 16.5 Å². The van der Waals surface area contributed by atoms with Crippen molar-refractivity contribution in [2.24, 2.45) is 7.05 Å². The van der Waals surface area contributed by atoms with Crippen LogP contribution in [0.1, 0.15) is 34.1 Å². The Bertz CT molecular complexity index is 1510. The number of carbonyl (C=O) groups excluding carboxylic acids is 1. The van der Waals surface area contributed by atoms with Crippen LogP contribution in [-0.2, 0) is 22.3 Å². The Morgan fingerprint density at radius 3 is 2.59 bits per heavy atom. The molecule has 5 heterocycles. The molecule has 0 unspecified atom stereocenters. The maximum absolute atomic E-state index is 13.3. The Morgan fingerprint density at radius 1 is 1.14 bits per heavy atom. The zero-order valence-corrected chi connectivity index (χ0v) is 22.2. The first-order valence-electron chi connectivity index (χ1n) is 12.1. The van der Waals surface area contributed by atoms with Crippen molar-refractivity contribution in [3.63, 3.8) is 0 Å². The summed E-state index contributed by atoms with van der Waals surface area (Å²) in [4.78, 5) is 39.0. The molecule has 9 nitrogen and oxygen atoms in total. The van der Waals surface area contributed by atoms with Gasteiger partial charge in [-0.15, -0.1) is 11.3 Å². The van der Waals surface area contributed by atoms with Crippen LogP contribution in [0.2, 0.25) is 0 Å². The van der Waals surface area contributed by atoms with Gasteiger partial charge >= 0.3 is 0 Å². The van der Waals surface area contributed by atoms with Gasteiger partial charge in [0.1, 0.15) is 11.1 Å². The third-order valence-corrected chi connectivity index (χ3v) is 8.87. The molecule has 2 aliphatic rings. The Balaban J connectivity index is 1.17. The van der Waals surface area contributed by atoms with Crippen LogP contribution in [-0.4, -0.2) is 57.4 Å². The summed E-state index contributed by atoms with van der Waals surface area (Å²) >= 11 is 2.88. The van der Waals surface area contributed by atoms with E-state index in [1.807, 2.05) is 37.3 Å². The van der Waals surface area contributed by atoms with Gasteiger partial charge in [0.15, 0.2) is 16.6 Å². The number of aryl methyl sites for hydroxylation is 1. The molecule has 0 aliphatic carbocycles. The molecule has 4 aromatic rings. The first kappa shape index (κ1) is 24.4. The average molecular weight is 539 g/mol. The topological polar surface area (TPSA) is 99.7 Å². The lowest BCUT2D eigenvalue weighted by molar-refractivity contribution is -0.181. The van der Waals surface area contributed by atoms with Crippen LogP contribution in [0.25, 0.3) is 21.3 Å². The van der Waals surface area contributed by atoms with Crippen molar-refractivity contribution in [3.05, 3.63) is 63.4 Å². The van der Waals surface area contributed by atoms with Crippen LogP contribution in [0.5, 0.6) is 0 Å². The number of thiophene rings is 1. The van der Waals surface area contributed by atoms with Gasteiger partial charge < -0.3 is 18.8 Å². The minimum absolute atomic E-state index is 0.0861. The SMILES string of the molecule is Cc1sc2nc(SCc3nc(C(=O)N4CCC5(CC4)OCCO5)co3)n(C)c(=O)c2c1-c1ccccc1. The fraction of sp³-hybridized carbons (Fsp3) is 0.385. The highest BCUT2D eigenvalue weighted by Gasteiger charge is 2.41. The Labute approximate surface area is 221 Å². The quantitative estimate of drug-likeness (QED) is 0.275. The summed E-state index contributed by atoms with van der Waals surface area (Å²) in [7, 11) is 1.73. The van der Waals surface area contributed by atoms with E-state index in [9.17, 15) is 9.59 Å². The molecule has 2 aliphatic heterocycles. The number of nitrogens with zero attached hydrogens (tertiary/aromatic N) is 4. The molecule has 0 bridgehead atoms. The number of amides is 1. The van der Waals surface area contributed by atoms with Gasteiger partial charge in [0.25, 0.3) is 11.5 Å². The number of hydrogen-bond donors (Lipinski definition) is 0. The predicted octanol–water partition coefficient (Wildman–Crippen LogP) is 4.23. The van der Waals surface area contributed by atoms with Crippen molar-refractivity contribution in [2.75, 3.05) is 26.3 Å². The number of fused-ring (bicyclic) bond motifs is 1. The van der Waals surface area contributed by atoms with E-state index in [2.05, 4.69) is 4.98 Å². The summed E-state index contributed by atoms with van der Waals surface area (Å²) in [5.41, 5.74) is 2.14. The maximum atomic E-state index is 13.3. The molecule has 37 heavy (non-hydrogen) atoms. The largest absolute Gasteiger partial charge is 0.447 e. The van der Waals surface area contributed by atoms with Crippen molar-refractivity contribution in [3.8, 4) is 11.1 Å². The highest BCUT2D eigenvalue weighted by Crippen LogP contribution is 2.36. The van der Waals surface area contributed by atoms with E-state index in [1.165, 1.54) is 29.4 Å². The van der Waals surface area contributed by atoms with E-state index in [0.717, 1.165) is 16.0 Å². The maximum Gasteiger partial charge on any atom is 0.275 e. The highest BCUT2D eigenvalue weighted by molar-refractivity contribution is 7.98. The molecule has 3 aromatic heterocycles. The van der Waals surface area contributed by atoms with E-state index >= 15 is 0 Å². The molecule has 2 fully saturated rings. The van der Waals surface area contributed by atoms with Crippen LogP contribution in [0.4, 0.5) is 0 Å². The number of benzene rings is 1. The van der Waals surface area contributed by atoms with Crippen molar-refractivity contribution < 1.29 is 18.7 Å². The summed E-state index contributed by atoms with van der Waals surface area (Å²) in [6, 6.07) is 9.92. The van der Waals surface area contributed by atoms with Crippen molar-refractivity contribution in [2.45, 2.75) is 36.5 Å². The van der Waals surface area contributed by atoms with Gasteiger partial charge in [-0.3, -0.25) is 14.2 Å². The summed E-state index contributed by atoms with van der Waals surface area (Å²) in [6.07, 6.45) is 2.70. The zero-order chi connectivity index (χ0) is 25.6. The van der Waals surface area contributed by atoms with Crippen molar-refractivity contribution in [1.29, 1.82) is 0 Å². The molecule has 1 amide bonds. The highest BCUT2D eigenvalue weighted by atomic mass is 32.2. The molecule has 192 valence electrons. The second kappa shape index (κ2) is 9.71. The van der Waals surface area contributed by atoms with Crippen LogP contribution >= 0.6 is 23.1 Å². The normalized spacial score (nSPS) is 17.2. The number of ether oxygens (including phenoxy) is 2. The molecule has 6 rings (SSSR count). The van der Waals surface area contributed by atoms with Gasteiger partial charge in [0.05, 0.1) is 24.4 Å². The molecule has 1 aromatic carbocycles. The van der Waals surface area contributed by atoms with Crippen LogP contribution in [0.3, 0.4) is 0 Å². The van der Waals surface area contributed by atoms with Gasteiger partial charge in [-0.1, -0.05) is 42.1 Å². The lowest BCUT2D eigenvalue weighted by Gasteiger charge is -2.37. The van der Waals surface area contributed by atoms with Gasteiger partial charge in [0.2, 0.25) is 5.89 Å². The fourth-order valence-electron chi connectivity index (χ4n) is 4.91. The van der Waals surface area contributed by atoms with Crippen LogP contribution < -0.4 is 5.56 Å². The first-order chi connectivity index (χ1) is 17.9. The third-order valence-electron chi connectivity index (χ3n) is 6.85. The monoisotopic (exact) mass is 538 g/mol. The van der Waals surface area contributed by atoms with E-state index in [4.69, 9.17) is 18.9 Å². The van der Waals surface area contributed by atoms with E-state index < -0.39 is 5.79 Å². The molecule has 0 radical (unpaired) electrons. The third kappa shape index (κ3) is 4.50. The molecular weight excluding hydrogens is 512 g/mol. The minimum atomic E-state index is -0.532. The minimum Gasteiger partial charge on any atom is -0.447 e. The zero-order valence-electron chi connectivity index (χ0n) is 20.6. The summed E-state index contributed by atoms with van der Waals surface area (Å²) in [5.74, 6) is 0.0584. The summed E-state index contributed by atoms with van der Waals surface area (Å²) < 4.78 is 18.6. The summed E-state index contributed by atoms with van der Waals surface area (Å²) in [5, 5.41) is 1.21. The lowest BCUT2D eigenvalue weighted by atomic mass is 10.0. The summed E-state index contributed by atoms with van der Waals surface area (Å²) in [6.45, 7) is 4.32. The average Bonchev–Trinajstić information content (AvgIpc) is 3.65. The molecule has 1 spiro atoms. The molecule has 0 atom stereocenters. The van der Waals surface area contributed by atoms with Gasteiger partial charge in [-0.25, -0.2) is 9.97 Å². The molecule has 11 heteroatoms. The number of aromatic nitrogens is 3. The second-order valence-electron chi connectivity index (χ2n) is 9.15. The Morgan fingerprint density at radius 2 is 1.86 bits per heavy atom. The van der Waals surface area contributed by atoms with Crippen LogP contribution in [0.15, 0.2) is 51.0 Å². The molecule has 0 N–H and O–H groups in total. The smallest absolute Gasteiger partial charge is 0.275 e. The Kier molecular flexibility index (Phi) is 6.39. The molecular formula is C26H26N4O5S2. The fourth-order valence-corrected chi connectivity index (χ4v) is 6.82. The van der Waals surface area contributed by atoms with Crippen LogP contribution in [0, 0.1) is 6.92 Å². The Hall–Kier alpha value is -2.99. The van der Waals surface area contributed by atoms with Gasteiger partial charge in [-0.05, 0) is 12.5 Å². The number of hydrogen-bond acceptors (Lipinski definition) is 9. The number of thioether (sulfide) groups is 1. The number of oxazole rings is 1. The number of likely N-dealkylation sites (tertiary alicyclic amines) is 1. The molecule has 0 saturated carbocycles. The molecule has 2 saturated heterocycles. The number of carbonyl (C=O) groups is 1. The van der Waals surface area contributed by atoms with Gasteiger partial charge in [-0.2, -0.15) is 0 Å². The van der Waals surface area contributed by atoms with Gasteiger partial charge in [0, 0.05) is 43.4 Å². The van der Waals surface area contributed by atoms with E-state index in [-0.39, 0.29) is 17.2 Å². The van der Waals surface area contributed by atoms with Crippen molar-refractivity contribution in [1.82, 2.24) is 19.4 Å². The first-order valence-corrected chi connectivity index (χ1v) is 13.9. The standard InChI is InChI=1S/C26H26N4O5S2/c1-16-20(17-6-4-3-5-7-17)21-22(37-16)28-25(29(2)24(21)32)36-15-19-27-18(14-33-19)23(31)30-10-8-26(9-11-30)34-12-13-35-26/h3-7,14H,8-13,15H2,1-2H3. The van der Waals surface area contributed by atoms with Crippen molar-refractivity contribution >= 4 is 39.2 Å². The lowest BCUT2D eigenvalue weighted by Crippen LogP contribution is -2.47.